The smallest absolute Gasteiger partial charge is 0.388 e. The van der Waals surface area contributed by atoms with Crippen LogP contribution in [0.2, 0.25) is 0 Å². The highest BCUT2D eigenvalue weighted by molar-refractivity contribution is 5.50. The van der Waals surface area contributed by atoms with Crippen LogP contribution < -0.4 is 4.90 Å². The number of nitrogens with zero attached hydrogens (tertiary/aromatic N) is 1. The van der Waals surface area contributed by atoms with E-state index < -0.39 is 18.8 Å². The second kappa shape index (κ2) is 5.41. The fourth-order valence-corrected chi connectivity index (χ4v) is 2.13. The van der Waals surface area contributed by atoms with Crippen LogP contribution in [0.1, 0.15) is 37.9 Å². The molecule has 1 saturated carbocycles. The largest absolute Gasteiger partial charge is 0.405 e. The lowest BCUT2D eigenvalue weighted by molar-refractivity contribution is -0.120. The summed E-state index contributed by atoms with van der Waals surface area (Å²) in [7, 11) is 0. The van der Waals surface area contributed by atoms with Crippen molar-refractivity contribution in [3.63, 3.8) is 0 Å². The summed E-state index contributed by atoms with van der Waals surface area (Å²) in [4.78, 5) is 1.40. The Hall–Kier alpha value is -1.23. The molecule has 1 aromatic rings. The summed E-state index contributed by atoms with van der Waals surface area (Å²) in [5.41, 5.74) is 1.32. The number of anilines is 1. The van der Waals surface area contributed by atoms with E-state index in [2.05, 4.69) is 0 Å². The van der Waals surface area contributed by atoms with Crippen LogP contribution in [0.25, 0.3) is 0 Å². The molecule has 1 unspecified atom stereocenters. The molecule has 0 saturated heterocycles. The number of rotatable bonds is 5. The topological polar surface area (TPSA) is 23.5 Å². The van der Waals surface area contributed by atoms with E-state index in [4.69, 9.17) is 0 Å². The first kappa shape index (κ1) is 14.2. The third-order valence-corrected chi connectivity index (χ3v) is 3.33. The molecular weight excluding hydrogens is 255 g/mol. The van der Waals surface area contributed by atoms with Gasteiger partial charge in [-0.15, -0.1) is 0 Å². The molecule has 0 radical (unpaired) electrons. The van der Waals surface area contributed by atoms with E-state index in [0.29, 0.717) is 12.1 Å². The molecule has 0 spiro atoms. The molecule has 0 bridgehead atoms. The fraction of sp³-hybridized carbons (Fsp3) is 0.571. The summed E-state index contributed by atoms with van der Waals surface area (Å²) >= 11 is 0. The summed E-state index contributed by atoms with van der Waals surface area (Å²) in [5.74, 6) is 0. The summed E-state index contributed by atoms with van der Waals surface area (Å²) in [6.45, 7) is 0.950. The number of halogens is 3. The van der Waals surface area contributed by atoms with Crippen LogP contribution in [-0.2, 0) is 0 Å². The molecule has 1 N–H and O–H groups in total. The molecule has 0 heterocycles. The molecule has 0 aliphatic heterocycles. The van der Waals surface area contributed by atoms with E-state index in [9.17, 15) is 18.3 Å². The average molecular weight is 273 g/mol. The highest BCUT2D eigenvalue weighted by atomic mass is 19.4. The Morgan fingerprint density at radius 1 is 1.26 bits per heavy atom. The van der Waals surface area contributed by atoms with E-state index in [1.54, 1.807) is 24.3 Å². The first-order chi connectivity index (χ1) is 8.90. The Balaban J connectivity index is 2.13. The van der Waals surface area contributed by atoms with Crippen molar-refractivity contribution >= 4 is 5.69 Å². The molecule has 19 heavy (non-hydrogen) atoms. The first-order valence-corrected chi connectivity index (χ1v) is 6.52. The second-order valence-corrected chi connectivity index (χ2v) is 4.99. The van der Waals surface area contributed by atoms with Crippen LogP contribution in [0.4, 0.5) is 18.9 Å². The van der Waals surface area contributed by atoms with Gasteiger partial charge in [-0.05, 0) is 37.0 Å². The highest BCUT2D eigenvalue weighted by Crippen LogP contribution is 2.34. The van der Waals surface area contributed by atoms with Gasteiger partial charge in [-0.3, -0.25) is 0 Å². The zero-order chi connectivity index (χ0) is 14.0. The predicted molar refractivity (Wildman–Crippen MR) is 68.1 cm³/mol. The van der Waals surface area contributed by atoms with Gasteiger partial charge in [0.1, 0.15) is 6.54 Å². The lowest BCUT2D eigenvalue weighted by atomic mass is 10.1. The minimum Gasteiger partial charge on any atom is -0.388 e. The maximum Gasteiger partial charge on any atom is 0.405 e. The number of aliphatic hydroxyl groups excluding tert-OH is 1. The van der Waals surface area contributed by atoms with Gasteiger partial charge in [-0.2, -0.15) is 13.2 Å². The molecule has 0 aromatic heterocycles. The van der Waals surface area contributed by atoms with Crippen molar-refractivity contribution in [1.82, 2.24) is 0 Å². The van der Waals surface area contributed by atoms with Crippen LogP contribution in [0.15, 0.2) is 24.3 Å². The van der Waals surface area contributed by atoms with Gasteiger partial charge in [0, 0.05) is 11.7 Å². The minimum atomic E-state index is -4.19. The molecule has 1 aliphatic rings. The summed E-state index contributed by atoms with van der Waals surface area (Å²) in [6.07, 6.45) is -2.52. The Kier molecular flexibility index (Phi) is 4.04. The molecule has 1 aromatic carbocycles. The van der Waals surface area contributed by atoms with Crippen LogP contribution in [0.5, 0.6) is 0 Å². The van der Waals surface area contributed by atoms with Crippen molar-refractivity contribution < 1.29 is 18.3 Å². The van der Waals surface area contributed by atoms with Gasteiger partial charge in [0.05, 0.1) is 6.10 Å². The van der Waals surface area contributed by atoms with Gasteiger partial charge in [0.15, 0.2) is 0 Å². The molecule has 0 amide bonds. The lowest BCUT2D eigenvalue weighted by Crippen LogP contribution is -2.35. The van der Waals surface area contributed by atoms with Crippen molar-refractivity contribution in [1.29, 1.82) is 0 Å². The van der Waals surface area contributed by atoms with E-state index in [1.165, 1.54) is 4.90 Å². The Bertz CT molecular complexity index is 412. The van der Waals surface area contributed by atoms with E-state index >= 15 is 0 Å². The number of aliphatic hydroxyl groups is 1. The molecule has 1 atom stereocenters. The van der Waals surface area contributed by atoms with Crippen LogP contribution in [-0.4, -0.2) is 23.9 Å². The molecule has 5 heteroatoms. The number of hydrogen-bond donors (Lipinski definition) is 1. The van der Waals surface area contributed by atoms with Crippen molar-refractivity contribution in [2.24, 2.45) is 0 Å². The fourth-order valence-electron chi connectivity index (χ4n) is 2.13. The number of hydrogen-bond acceptors (Lipinski definition) is 2. The Labute approximate surface area is 110 Å². The summed E-state index contributed by atoms with van der Waals surface area (Å²) in [6, 6.07) is 6.74. The molecule has 1 aliphatic carbocycles. The standard InChI is InChI=1S/C14H18F3NO/c1-2-13(19)10-3-5-11(6-4-10)18(12-7-8-12)9-14(15,16)17/h3-6,12-13,19H,2,7-9H2,1H3. The van der Waals surface area contributed by atoms with Crippen LogP contribution in [0, 0.1) is 0 Å². The minimum absolute atomic E-state index is 0.00331. The molecule has 2 nitrogen and oxygen atoms in total. The zero-order valence-corrected chi connectivity index (χ0v) is 10.8. The zero-order valence-electron chi connectivity index (χ0n) is 10.8. The summed E-state index contributed by atoms with van der Waals surface area (Å²) < 4.78 is 37.7. The van der Waals surface area contributed by atoms with Gasteiger partial charge < -0.3 is 10.0 Å². The third-order valence-electron chi connectivity index (χ3n) is 3.33. The first-order valence-electron chi connectivity index (χ1n) is 6.52. The molecule has 2 rings (SSSR count). The Morgan fingerprint density at radius 3 is 2.26 bits per heavy atom. The van der Waals surface area contributed by atoms with Crippen molar-refractivity contribution in [3.8, 4) is 0 Å². The van der Waals surface area contributed by atoms with Crippen molar-refractivity contribution in [2.75, 3.05) is 11.4 Å². The lowest BCUT2D eigenvalue weighted by Gasteiger charge is -2.26. The molecule has 1 fully saturated rings. The monoisotopic (exact) mass is 273 g/mol. The van der Waals surface area contributed by atoms with E-state index in [-0.39, 0.29) is 6.04 Å². The normalized spacial score (nSPS) is 17.3. The van der Waals surface area contributed by atoms with Crippen molar-refractivity contribution in [3.05, 3.63) is 29.8 Å². The van der Waals surface area contributed by atoms with E-state index in [0.717, 1.165) is 18.4 Å². The third kappa shape index (κ3) is 3.86. The van der Waals surface area contributed by atoms with E-state index in [1.807, 2.05) is 6.92 Å². The van der Waals surface area contributed by atoms with Gasteiger partial charge in [0.25, 0.3) is 0 Å². The maximum atomic E-state index is 12.6. The quantitative estimate of drug-likeness (QED) is 0.885. The molecule has 106 valence electrons. The SMILES string of the molecule is CCC(O)c1ccc(N(CC(F)(F)F)C2CC2)cc1. The van der Waals surface area contributed by atoms with Crippen molar-refractivity contribution in [2.45, 2.75) is 44.5 Å². The van der Waals surface area contributed by atoms with Crippen LogP contribution >= 0.6 is 0 Å². The summed E-state index contributed by atoms with van der Waals surface area (Å²) in [5, 5.41) is 9.67. The highest BCUT2D eigenvalue weighted by Gasteiger charge is 2.38. The Morgan fingerprint density at radius 2 is 1.84 bits per heavy atom. The second-order valence-electron chi connectivity index (χ2n) is 4.99. The van der Waals surface area contributed by atoms with Gasteiger partial charge in [-0.25, -0.2) is 0 Å². The predicted octanol–water partition coefficient (Wildman–Crippen LogP) is 3.66. The van der Waals surface area contributed by atoms with Gasteiger partial charge >= 0.3 is 6.18 Å². The van der Waals surface area contributed by atoms with Crippen LogP contribution in [0.3, 0.4) is 0 Å². The number of alkyl halides is 3. The number of benzene rings is 1. The van der Waals surface area contributed by atoms with Gasteiger partial charge in [0.2, 0.25) is 0 Å². The average Bonchev–Trinajstić information content (AvgIpc) is 3.18. The molecular formula is C14H18F3NO. The van der Waals surface area contributed by atoms with Gasteiger partial charge in [-0.1, -0.05) is 19.1 Å². The maximum absolute atomic E-state index is 12.6.